The predicted molar refractivity (Wildman–Crippen MR) is 109 cm³/mol. The number of hydrogen-bond donors (Lipinski definition) is 2. The number of rotatable bonds is 3. The lowest BCUT2D eigenvalue weighted by atomic mass is 9.93. The Morgan fingerprint density at radius 3 is 2.52 bits per heavy atom. The number of nitrogens with zero attached hydrogens (tertiary/aromatic N) is 3. The van der Waals surface area contributed by atoms with Gasteiger partial charge in [0.1, 0.15) is 17.9 Å². The lowest BCUT2D eigenvalue weighted by molar-refractivity contribution is 0.262. The minimum Gasteiger partial charge on any atom is -0.359 e. The number of fused-ring (bicyclic) bond motifs is 1. The topological polar surface area (TPSA) is 85.0 Å². The van der Waals surface area contributed by atoms with Gasteiger partial charge in [-0.1, -0.05) is 25.9 Å². The van der Waals surface area contributed by atoms with Crippen LogP contribution < -0.4 is 10.6 Å². The molecule has 8 heteroatoms. The van der Waals surface area contributed by atoms with Gasteiger partial charge in [0.25, 0.3) is 0 Å². The lowest BCUT2D eigenvalue weighted by Crippen LogP contribution is -2.19. The van der Waals surface area contributed by atoms with E-state index >= 15 is 0 Å². The third-order valence-electron chi connectivity index (χ3n) is 4.40. The van der Waals surface area contributed by atoms with Gasteiger partial charge in [0.15, 0.2) is 5.82 Å². The number of amides is 2. The Hall–Kier alpha value is -3.68. The number of carbonyl (C=O) groups is 1. The van der Waals surface area contributed by atoms with Crippen molar-refractivity contribution in [1.82, 2.24) is 14.7 Å². The highest BCUT2D eigenvalue weighted by atomic mass is 19.1. The Bertz CT molecular complexity index is 1170. The van der Waals surface area contributed by atoms with Crippen molar-refractivity contribution < 1.29 is 13.7 Å². The normalized spacial score (nSPS) is 11.6. The van der Waals surface area contributed by atoms with E-state index in [0.717, 1.165) is 11.2 Å². The van der Waals surface area contributed by atoms with Crippen LogP contribution in [0.3, 0.4) is 0 Å². The van der Waals surface area contributed by atoms with Crippen LogP contribution >= 0.6 is 0 Å². The van der Waals surface area contributed by atoms with E-state index in [4.69, 9.17) is 4.52 Å². The van der Waals surface area contributed by atoms with Crippen molar-refractivity contribution in [2.75, 3.05) is 10.6 Å². The van der Waals surface area contributed by atoms with Gasteiger partial charge in [-0.3, -0.25) is 9.88 Å². The molecular formula is C21H20FN5O2. The Kier molecular flexibility index (Phi) is 4.54. The molecule has 0 spiro atoms. The van der Waals surface area contributed by atoms with E-state index in [-0.39, 0.29) is 11.2 Å². The second-order valence-corrected chi connectivity index (χ2v) is 7.70. The summed E-state index contributed by atoms with van der Waals surface area (Å²) in [6.07, 6.45) is 1.64. The minimum absolute atomic E-state index is 0.192. The molecule has 2 heterocycles. The van der Waals surface area contributed by atoms with Crippen LogP contribution in [0.2, 0.25) is 0 Å². The SMILES string of the molecule is CC(C)(C)c1cc(NC(=O)Nc2ccc(-n3cnc4cc(F)ccc43)cc2)no1. The summed E-state index contributed by atoms with van der Waals surface area (Å²) in [5.74, 6) is 0.709. The first-order valence-electron chi connectivity index (χ1n) is 9.08. The maximum atomic E-state index is 13.3. The molecule has 0 radical (unpaired) electrons. The molecule has 0 unspecified atom stereocenters. The van der Waals surface area contributed by atoms with Crippen molar-refractivity contribution in [3.8, 4) is 5.69 Å². The molecule has 0 bridgehead atoms. The van der Waals surface area contributed by atoms with E-state index in [1.165, 1.54) is 12.1 Å². The molecule has 0 fully saturated rings. The molecule has 148 valence electrons. The molecule has 0 aliphatic rings. The van der Waals surface area contributed by atoms with Crippen molar-refractivity contribution in [2.24, 2.45) is 0 Å². The number of benzene rings is 2. The molecule has 0 atom stereocenters. The Balaban J connectivity index is 1.45. The van der Waals surface area contributed by atoms with E-state index < -0.39 is 6.03 Å². The zero-order valence-corrected chi connectivity index (χ0v) is 16.2. The van der Waals surface area contributed by atoms with Gasteiger partial charge in [-0.25, -0.2) is 14.2 Å². The molecule has 0 saturated carbocycles. The highest BCUT2D eigenvalue weighted by Crippen LogP contribution is 2.24. The fourth-order valence-electron chi connectivity index (χ4n) is 2.86. The van der Waals surface area contributed by atoms with Crippen LogP contribution in [-0.4, -0.2) is 20.7 Å². The summed E-state index contributed by atoms with van der Waals surface area (Å²) in [5.41, 5.74) is 2.64. The van der Waals surface area contributed by atoms with Crippen LogP contribution in [0, 0.1) is 5.82 Å². The van der Waals surface area contributed by atoms with Crippen LogP contribution in [0.15, 0.2) is 59.4 Å². The van der Waals surface area contributed by atoms with Gasteiger partial charge in [0, 0.05) is 28.9 Å². The van der Waals surface area contributed by atoms with Crippen LogP contribution in [0.25, 0.3) is 16.7 Å². The molecule has 0 aliphatic heterocycles. The first-order valence-corrected chi connectivity index (χ1v) is 9.08. The van der Waals surface area contributed by atoms with E-state index in [2.05, 4.69) is 20.8 Å². The Morgan fingerprint density at radius 2 is 1.83 bits per heavy atom. The molecule has 2 aromatic heterocycles. The summed E-state index contributed by atoms with van der Waals surface area (Å²) < 4.78 is 20.4. The van der Waals surface area contributed by atoms with Crippen LogP contribution in [0.5, 0.6) is 0 Å². The highest BCUT2D eigenvalue weighted by molar-refractivity contribution is 5.99. The predicted octanol–water partition coefficient (Wildman–Crippen LogP) is 5.09. The number of hydrogen-bond acceptors (Lipinski definition) is 4. The number of aromatic nitrogens is 3. The maximum Gasteiger partial charge on any atom is 0.324 e. The van der Waals surface area contributed by atoms with Crippen molar-refractivity contribution in [1.29, 1.82) is 0 Å². The third kappa shape index (κ3) is 3.96. The fraction of sp³-hybridized carbons (Fsp3) is 0.190. The molecule has 0 saturated heterocycles. The molecule has 2 N–H and O–H groups in total. The standard InChI is InChI=1S/C21H20FN5O2/c1-21(2,3)18-11-19(26-29-18)25-20(28)24-14-5-7-15(8-6-14)27-12-23-16-10-13(22)4-9-17(16)27/h4-12H,1-3H3,(H2,24,25,26,28). The summed E-state index contributed by atoms with van der Waals surface area (Å²) in [6.45, 7) is 6.00. The highest BCUT2D eigenvalue weighted by Gasteiger charge is 2.20. The number of urea groups is 1. The van der Waals surface area contributed by atoms with Gasteiger partial charge in [-0.05, 0) is 36.4 Å². The first-order chi connectivity index (χ1) is 13.8. The Morgan fingerprint density at radius 1 is 1.07 bits per heavy atom. The zero-order chi connectivity index (χ0) is 20.6. The van der Waals surface area contributed by atoms with Gasteiger partial charge >= 0.3 is 6.03 Å². The van der Waals surface area contributed by atoms with Crippen molar-refractivity contribution in [3.05, 3.63) is 66.4 Å². The largest absolute Gasteiger partial charge is 0.359 e. The number of carbonyl (C=O) groups excluding carboxylic acids is 1. The summed E-state index contributed by atoms with van der Waals surface area (Å²) >= 11 is 0. The lowest BCUT2D eigenvalue weighted by Gasteiger charge is -2.12. The van der Waals surface area contributed by atoms with E-state index in [9.17, 15) is 9.18 Å². The van der Waals surface area contributed by atoms with E-state index in [0.29, 0.717) is 22.8 Å². The summed E-state index contributed by atoms with van der Waals surface area (Å²) in [4.78, 5) is 16.4. The molecule has 7 nitrogen and oxygen atoms in total. The fourth-order valence-corrected chi connectivity index (χ4v) is 2.86. The molecule has 29 heavy (non-hydrogen) atoms. The molecule has 0 aliphatic carbocycles. The average molecular weight is 393 g/mol. The van der Waals surface area contributed by atoms with Crippen molar-refractivity contribution >= 4 is 28.6 Å². The monoisotopic (exact) mass is 393 g/mol. The summed E-state index contributed by atoms with van der Waals surface area (Å²) in [5, 5.41) is 9.26. The van der Waals surface area contributed by atoms with Crippen LogP contribution in [0.4, 0.5) is 20.7 Å². The molecule has 2 amide bonds. The summed E-state index contributed by atoms with van der Waals surface area (Å²) in [6, 6.07) is 13.0. The minimum atomic E-state index is -0.421. The molecule has 4 aromatic rings. The van der Waals surface area contributed by atoms with Crippen LogP contribution in [-0.2, 0) is 5.41 Å². The number of anilines is 2. The van der Waals surface area contributed by atoms with Crippen molar-refractivity contribution in [2.45, 2.75) is 26.2 Å². The molecular weight excluding hydrogens is 373 g/mol. The second kappa shape index (κ2) is 7.05. The van der Waals surface area contributed by atoms with Crippen molar-refractivity contribution in [3.63, 3.8) is 0 Å². The first kappa shape index (κ1) is 18.7. The zero-order valence-electron chi connectivity index (χ0n) is 16.2. The maximum absolute atomic E-state index is 13.3. The van der Waals surface area contributed by atoms with E-state index in [1.807, 2.05) is 37.5 Å². The van der Waals surface area contributed by atoms with Crippen LogP contribution in [0.1, 0.15) is 26.5 Å². The second-order valence-electron chi connectivity index (χ2n) is 7.70. The Labute approximate surface area is 166 Å². The molecule has 4 rings (SSSR count). The van der Waals surface area contributed by atoms with E-state index in [1.54, 1.807) is 30.6 Å². The van der Waals surface area contributed by atoms with Gasteiger partial charge in [-0.2, -0.15) is 0 Å². The van der Waals surface area contributed by atoms with Gasteiger partial charge in [0.2, 0.25) is 0 Å². The number of halogens is 1. The van der Waals surface area contributed by atoms with Gasteiger partial charge < -0.3 is 9.84 Å². The third-order valence-corrected chi connectivity index (χ3v) is 4.40. The number of nitrogens with one attached hydrogen (secondary N) is 2. The molecule has 2 aromatic carbocycles. The smallest absolute Gasteiger partial charge is 0.324 e. The number of imidazole rings is 1. The quantitative estimate of drug-likeness (QED) is 0.507. The van der Waals surface area contributed by atoms with Gasteiger partial charge in [-0.15, -0.1) is 0 Å². The van der Waals surface area contributed by atoms with Gasteiger partial charge in [0.05, 0.1) is 11.0 Å². The average Bonchev–Trinajstić information content (AvgIpc) is 3.29. The summed E-state index contributed by atoms with van der Waals surface area (Å²) in [7, 11) is 0.